The zero-order valence-corrected chi connectivity index (χ0v) is 10.5. The number of carboxylic acid groups (broad SMARTS) is 2. The van der Waals surface area contributed by atoms with E-state index in [1.165, 1.54) is 5.56 Å². The van der Waals surface area contributed by atoms with Crippen LogP contribution in [0.1, 0.15) is 8.42 Å². The van der Waals surface area contributed by atoms with Gasteiger partial charge in [0, 0.05) is 12.2 Å². The average molecular weight is 236 g/mol. The SMILES string of the molecule is C=Cc1ccccc1.O=C(O)/C=C\C(=O)O.[H-].[H-].[Li+].[Li+]. The maximum Gasteiger partial charge on any atom is 1.00 e. The van der Waals surface area contributed by atoms with Crippen LogP contribution in [0.3, 0.4) is 0 Å². The van der Waals surface area contributed by atoms with Gasteiger partial charge in [-0.15, -0.1) is 0 Å². The molecule has 88 valence electrons. The van der Waals surface area contributed by atoms with Gasteiger partial charge in [0.15, 0.2) is 0 Å². The Hall–Kier alpha value is -1.17. The minimum Gasteiger partial charge on any atom is -1.00 e. The molecule has 0 amide bonds. The van der Waals surface area contributed by atoms with Crippen LogP contribution in [0.25, 0.3) is 6.08 Å². The zero-order chi connectivity index (χ0) is 12.4. The van der Waals surface area contributed by atoms with E-state index in [4.69, 9.17) is 10.2 Å². The fourth-order valence-electron chi connectivity index (χ4n) is 0.732. The number of carboxylic acids is 2. The maximum absolute atomic E-state index is 9.55. The summed E-state index contributed by atoms with van der Waals surface area (Å²) in [5, 5.41) is 15.6. The van der Waals surface area contributed by atoms with E-state index in [1.54, 1.807) is 0 Å². The molecule has 0 saturated carbocycles. The van der Waals surface area contributed by atoms with Crippen molar-refractivity contribution >= 4 is 18.0 Å². The van der Waals surface area contributed by atoms with Crippen molar-refractivity contribution in [2.75, 3.05) is 0 Å². The summed E-state index contributed by atoms with van der Waals surface area (Å²) >= 11 is 0. The van der Waals surface area contributed by atoms with Crippen LogP contribution >= 0.6 is 0 Å². The number of benzene rings is 1. The summed E-state index contributed by atoms with van der Waals surface area (Å²) in [7, 11) is 0. The van der Waals surface area contributed by atoms with Crippen molar-refractivity contribution in [2.24, 2.45) is 0 Å². The van der Waals surface area contributed by atoms with Gasteiger partial charge in [0.05, 0.1) is 0 Å². The molecule has 0 unspecified atom stereocenters. The second kappa shape index (κ2) is 13.9. The minimum absolute atomic E-state index is 0. The van der Waals surface area contributed by atoms with Gasteiger partial charge in [-0.25, -0.2) is 9.59 Å². The first-order valence-electron chi connectivity index (χ1n) is 4.37. The van der Waals surface area contributed by atoms with Crippen molar-refractivity contribution in [1.29, 1.82) is 0 Å². The molecule has 0 aliphatic carbocycles. The van der Waals surface area contributed by atoms with E-state index in [9.17, 15) is 9.59 Å². The van der Waals surface area contributed by atoms with Crippen LogP contribution in [-0.2, 0) is 9.59 Å². The molecule has 1 aromatic rings. The maximum atomic E-state index is 9.55. The van der Waals surface area contributed by atoms with Gasteiger partial charge in [0.25, 0.3) is 0 Å². The van der Waals surface area contributed by atoms with Crippen molar-refractivity contribution in [2.45, 2.75) is 0 Å². The molecule has 0 fully saturated rings. The Balaban J connectivity index is -0.0000000625. The minimum atomic E-state index is -1.26. The summed E-state index contributed by atoms with van der Waals surface area (Å²) in [6.07, 6.45) is 2.95. The van der Waals surface area contributed by atoms with Crippen molar-refractivity contribution in [1.82, 2.24) is 0 Å². The first-order valence-corrected chi connectivity index (χ1v) is 4.37. The van der Waals surface area contributed by atoms with Gasteiger partial charge in [-0.3, -0.25) is 0 Å². The molecule has 0 spiro atoms. The third kappa shape index (κ3) is 14.8. The van der Waals surface area contributed by atoms with E-state index in [1.807, 2.05) is 36.4 Å². The Bertz CT molecular complexity index is 382. The predicted octanol–water partition coefficient (Wildman–Crippen LogP) is -3.73. The molecule has 0 atom stereocenters. The van der Waals surface area contributed by atoms with E-state index in [0.717, 1.165) is 0 Å². The molecule has 0 heterocycles. The fraction of sp³-hybridized carbons (Fsp3) is 0. The predicted molar refractivity (Wildman–Crippen MR) is 63.2 cm³/mol. The molecule has 6 heteroatoms. The number of hydrogen-bond acceptors (Lipinski definition) is 2. The normalized spacial score (nSPS) is 8.00. The molecule has 18 heavy (non-hydrogen) atoms. The molecule has 0 aliphatic rings. The van der Waals surface area contributed by atoms with E-state index >= 15 is 0 Å². The van der Waals surface area contributed by atoms with Crippen molar-refractivity contribution < 1.29 is 60.4 Å². The molecule has 2 N–H and O–H groups in total. The number of rotatable bonds is 3. The molecular weight excluding hydrogens is 222 g/mol. The molecular formula is C12H14Li2O4. The summed E-state index contributed by atoms with van der Waals surface area (Å²) in [5.74, 6) is -2.51. The first kappa shape index (κ1) is 22.1. The van der Waals surface area contributed by atoms with Crippen LogP contribution in [0.15, 0.2) is 49.1 Å². The van der Waals surface area contributed by atoms with E-state index < -0.39 is 11.9 Å². The van der Waals surface area contributed by atoms with Crippen LogP contribution < -0.4 is 37.7 Å². The Labute approximate surface area is 133 Å². The molecule has 0 bridgehead atoms. The smallest absolute Gasteiger partial charge is 1.00 e. The van der Waals surface area contributed by atoms with Gasteiger partial charge >= 0.3 is 49.7 Å². The van der Waals surface area contributed by atoms with Gasteiger partial charge in [-0.05, 0) is 5.56 Å². The summed E-state index contributed by atoms with van der Waals surface area (Å²) in [5.41, 5.74) is 1.17. The van der Waals surface area contributed by atoms with Crippen molar-refractivity contribution in [3.63, 3.8) is 0 Å². The Kier molecular flexibility index (Phi) is 17.0. The summed E-state index contributed by atoms with van der Waals surface area (Å²) in [6.45, 7) is 3.63. The Morgan fingerprint density at radius 1 is 1.00 bits per heavy atom. The quantitative estimate of drug-likeness (QED) is 0.418. The van der Waals surface area contributed by atoms with E-state index in [-0.39, 0.29) is 40.6 Å². The second-order valence-corrected chi connectivity index (χ2v) is 2.62. The van der Waals surface area contributed by atoms with Crippen molar-refractivity contribution in [3.8, 4) is 0 Å². The standard InChI is InChI=1S/C8H8.C4H4O4.2Li.2H/c1-2-8-6-4-3-5-7-8;5-3(6)1-2-4(7)8;;;;/h2-7H,1H2;1-2H,(H,5,6)(H,7,8);;;;/q;;2*+1;2*-1/b;2-1-;;;;. The first-order chi connectivity index (χ1) is 7.56. The largest absolute Gasteiger partial charge is 1.00 e. The third-order valence-electron chi connectivity index (χ3n) is 1.40. The summed E-state index contributed by atoms with van der Waals surface area (Å²) in [6, 6.07) is 10.0. The van der Waals surface area contributed by atoms with Crippen LogP contribution in [-0.4, -0.2) is 22.2 Å². The third-order valence-corrected chi connectivity index (χ3v) is 1.40. The van der Waals surface area contributed by atoms with Gasteiger partial charge in [0.1, 0.15) is 0 Å². The molecule has 0 radical (unpaired) electrons. The van der Waals surface area contributed by atoms with Gasteiger partial charge < -0.3 is 13.1 Å². The summed E-state index contributed by atoms with van der Waals surface area (Å²) < 4.78 is 0. The van der Waals surface area contributed by atoms with Crippen LogP contribution in [0.2, 0.25) is 0 Å². The van der Waals surface area contributed by atoms with Gasteiger partial charge in [-0.1, -0.05) is 43.0 Å². The molecule has 0 aliphatic heterocycles. The number of aliphatic carboxylic acids is 2. The van der Waals surface area contributed by atoms with E-state index in [0.29, 0.717) is 12.2 Å². The van der Waals surface area contributed by atoms with Crippen LogP contribution in [0, 0.1) is 0 Å². The topological polar surface area (TPSA) is 74.6 Å². The Morgan fingerprint density at radius 3 is 1.61 bits per heavy atom. The van der Waals surface area contributed by atoms with Crippen LogP contribution in [0.5, 0.6) is 0 Å². The monoisotopic (exact) mass is 236 g/mol. The molecule has 0 saturated heterocycles. The average Bonchev–Trinajstić information content (AvgIpc) is 2.28. The molecule has 0 aromatic heterocycles. The summed E-state index contributed by atoms with van der Waals surface area (Å²) in [4.78, 5) is 19.1. The zero-order valence-electron chi connectivity index (χ0n) is 12.5. The molecule has 4 nitrogen and oxygen atoms in total. The molecule has 1 rings (SSSR count). The number of hydrogen-bond donors (Lipinski definition) is 2. The fourth-order valence-corrected chi connectivity index (χ4v) is 0.732. The van der Waals surface area contributed by atoms with Gasteiger partial charge in [0.2, 0.25) is 0 Å². The van der Waals surface area contributed by atoms with E-state index in [2.05, 4.69) is 6.58 Å². The Morgan fingerprint density at radius 2 is 1.39 bits per heavy atom. The van der Waals surface area contributed by atoms with Crippen molar-refractivity contribution in [3.05, 3.63) is 54.6 Å². The second-order valence-electron chi connectivity index (χ2n) is 2.62. The van der Waals surface area contributed by atoms with Crippen LogP contribution in [0.4, 0.5) is 0 Å². The van der Waals surface area contributed by atoms with Gasteiger partial charge in [-0.2, -0.15) is 0 Å². The number of carbonyl (C=O) groups is 2. The molecule has 1 aromatic carbocycles.